The van der Waals surface area contributed by atoms with Crippen molar-refractivity contribution in [3.05, 3.63) is 28.6 Å². The van der Waals surface area contributed by atoms with Crippen molar-refractivity contribution in [2.24, 2.45) is 0 Å². The highest BCUT2D eigenvalue weighted by Gasteiger charge is 2.06. The lowest BCUT2D eigenvalue weighted by Crippen LogP contribution is -2.02. The van der Waals surface area contributed by atoms with Crippen LogP contribution in [0.4, 0.5) is 0 Å². The van der Waals surface area contributed by atoms with Crippen molar-refractivity contribution < 1.29 is 4.74 Å². The van der Waals surface area contributed by atoms with Crippen molar-refractivity contribution in [3.8, 4) is 5.88 Å². The zero-order valence-corrected chi connectivity index (χ0v) is 10.8. The SMILES string of the molecule is C/C=C/COc1cc(Br)nc(C(C)C)n1. The predicted octanol–water partition coefficient (Wildman–Crippen LogP) is 3.32. The van der Waals surface area contributed by atoms with E-state index in [1.54, 1.807) is 6.07 Å². The molecule has 0 saturated heterocycles. The summed E-state index contributed by atoms with van der Waals surface area (Å²) in [5, 5.41) is 0. The van der Waals surface area contributed by atoms with Crippen molar-refractivity contribution in [2.45, 2.75) is 26.7 Å². The van der Waals surface area contributed by atoms with Gasteiger partial charge in [0.05, 0.1) is 0 Å². The maximum atomic E-state index is 5.45. The quantitative estimate of drug-likeness (QED) is 0.622. The molecule has 0 spiro atoms. The Bertz CT molecular complexity index is 350. The minimum absolute atomic E-state index is 0.298. The summed E-state index contributed by atoms with van der Waals surface area (Å²) >= 11 is 3.34. The minimum atomic E-state index is 0.298. The van der Waals surface area contributed by atoms with Crippen molar-refractivity contribution >= 4 is 15.9 Å². The lowest BCUT2D eigenvalue weighted by Gasteiger charge is -2.07. The summed E-state index contributed by atoms with van der Waals surface area (Å²) in [6.07, 6.45) is 3.88. The van der Waals surface area contributed by atoms with Crippen LogP contribution in [0.3, 0.4) is 0 Å². The zero-order valence-electron chi connectivity index (χ0n) is 9.20. The number of aromatic nitrogens is 2. The second-order valence-electron chi connectivity index (χ2n) is 3.42. The third kappa shape index (κ3) is 4.00. The first kappa shape index (κ1) is 12.2. The molecule has 0 aliphatic rings. The summed E-state index contributed by atoms with van der Waals surface area (Å²) < 4.78 is 6.21. The Labute approximate surface area is 98.7 Å². The molecule has 4 heteroatoms. The van der Waals surface area contributed by atoms with Gasteiger partial charge in [0.25, 0.3) is 0 Å². The van der Waals surface area contributed by atoms with E-state index in [-0.39, 0.29) is 0 Å². The topological polar surface area (TPSA) is 35.0 Å². The van der Waals surface area contributed by atoms with Crippen LogP contribution in [-0.2, 0) is 0 Å². The fraction of sp³-hybridized carbons (Fsp3) is 0.455. The summed E-state index contributed by atoms with van der Waals surface area (Å²) in [5.74, 6) is 1.70. The predicted molar refractivity (Wildman–Crippen MR) is 64.1 cm³/mol. The second kappa shape index (κ2) is 5.85. The smallest absolute Gasteiger partial charge is 0.218 e. The van der Waals surface area contributed by atoms with Gasteiger partial charge < -0.3 is 4.74 Å². The molecule has 1 heterocycles. The molecule has 0 saturated carbocycles. The van der Waals surface area contributed by atoms with Crippen LogP contribution < -0.4 is 4.74 Å². The molecule has 1 aromatic heterocycles. The van der Waals surface area contributed by atoms with Crippen LogP contribution in [0.25, 0.3) is 0 Å². The molecule has 0 aliphatic heterocycles. The number of hydrogen-bond acceptors (Lipinski definition) is 3. The molecular weight excluding hydrogens is 256 g/mol. The fourth-order valence-corrected chi connectivity index (χ4v) is 1.35. The van der Waals surface area contributed by atoms with Gasteiger partial charge >= 0.3 is 0 Å². The van der Waals surface area contributed by atoms with Gasteiger partial charge in [0.2, 0.25) is 5.88 Å². The van der Waals surface area contributed by atoms with E-state index in [1.807, 2.05) is 19.1 Å². The summed E-state index contributed by atoms with van der Waals surface area (Å²) in [4.78, 5) is 8.58. The van der Waals surface area contributed by atoms with Crippen molar-refractivity contribution in [1.82, 2.24) is 9.97 Å². The van der Waals surface area contributed by atoms with E-state index in [2.05, 4.69) is 39.7 Å². The molecule has 1 aromatic rings. The first-order valence-corrected chi connectivity index (χ1v) is 5.71. The number of allylic oxidation sites excluding steroid dienone is 1. The molecule has 15 heavy (non-hydrogen) atoms. The van der Waals surface area contributed by atoms with Crippen molar-refractivity contribution in [1.29, 1.82) is 0 Å². The van der Waals surface area contributed by atoms with Crippen LogP contribution >= 0.6 is 15.9 Å². The van der Waals surface area contributed by atoms with Gasteiger partial charge in [-0.3, -0.25) is 0 Å². The van der Waals surface area contributed by atoms with Crippen LogP contribution in [0.5, 0.6) is 5.88 Å². The van der Waals surface area contributed by atoms with E-state index < -0.39 is 0 Å². The number of halogens is 1. The maximum Gasteiger partial charge on any atom is 0.218 e. The average molecular weight is 271 g/mol. The van der Waals surface area contributed by atoms with Crippen LogP contribution in [-0.4, -0.2) is 16.6 Å². The summed E-state index contributed by atoms with van der Waals surface area (Å²) in [5.41, 5.74) is 0. The van der Waals surface area contributed by atoms with Gasteiger partial charge in [0, 0.05) is 12.0 Å². The molecule has 0 N–H and O–H groups in total. The average Bonchev–Trinajstić information content (AvgIpc) is 2.17. The van der Waals surface area contributed by atoms with Gasteiger partial charge in [-0.15, -0.1) is 0 Å². The molecule has 1 rings (SSSR count). The van der Waals surface area contributed by atoms with E-state index in [1.165, 1.54) is 0 Å². The van der Waals surface area contributed by atoms with Crippen molar-refractivity contribution in [3.63, 3.8) is 0 Å². The maximum absolute atomic E-state index is 5.45. The van der Waals surface area contributed by atoms with Gasteiger partial charge in [0.1, 0.15) is 17.0 Å². The highest BCUT2D eigenvalue weighted by Crippen LogP contribution is 2.18. The molecule has 0 unspecified atom stereocenters. The second-order valence-corrected chi connectivity index (χ2v) is 4.23. The lowest BCUT2D eigenvalue weighted by molar-refractivity contribution is 0.345. The first-order valence-electron chi connectivity index (χ1n) is 4.92. The van der Waals surface area contributed by atoms with E-state index in [0.29, 0.717) is 18.4 Å². The number of rotatable bonds is 4. The summed E-state index contributed by atoms with van der Waals surface area (Å²) in [7, 11) is 0. The molecule has 0 bridgehead atoms. The molecule has 0 fully saturated rings. The fourth-order valence-electron chi connectivity index (χ4n) is 0.976. The monoisotopic (exact) mass is 270 g/mol. The van der Waals surface area contributed by atoms with Gasteiger partial charge in [-0.1, -0.05) is 26.0 Å². The Kier molecular flexibility index (Phi) is 4.75. The van der Waals surface area contributed by atoms with E-state index in [4.69, 9.17) is 4.74 Å². The van der Waals surface area contributed by atoms with Crippen molar-refractivity contribution in [2.75, 3.05) is 6.61 Å². The van der Waals surface area contributed by atoms with E-state index in [9.17, 15) is 0 Å². The number of nitrogens with zero attached hydrogens (tertiary/aromatic N) is 2. The zero-order chi connectivity index (χ0) is 11.3. The molecule has 0 amide bonds. The molecule has 82 valence electrons. The number of hydrogen-bond donors (Lipinski definition) is 0. The normalized spacial score (nSPS) is 11.3. The third-order valence-corrected chi connectivity index (χ3v) is 2.17. The Balaban J connectivity index is 2.79. The van der Waals surface area contributed by atoms with Gasteiger partial charge in [-0.25, -0.2) is 4.98 Å². The van der Waals surface area contributed by atoms with Gasteiger partial charge in [-0.05, 0) is 22.9 Å². The van der Waals surface area contributed by atoms with Crippen LogP contribution in [0, 0.1) is 0 Å². The first-order chi connectivity index (χ1) is 7.13. The largest absolute Gasteiger partial charge is 0.473 e. The Hall–Kier alpha value is -0.900. The summed E-state index contributed by atoms with van der Waals surface area (Å²) in [6.45, 7) is 6.60. The van der Waals surface area contributed by atoms with E-state index in [0.717, 1.165) is 10.4 Å². The Morgan fingerprint density at radius 1 is 1.47 bits per heavy atom. The number of ether oxygens (including phenoxy) is 1. The van der Waals surface area contributed by atoms with Crippen LogP contribution in [0.1, 0.15) is 32.5 Å². The lowest BCUT2D eigenvalue weighted by atomic mass is 10.2. The molecule has 0 aliphatic carbocycles. The Morgan fingerprint density at radius 3 is 2.80 bits per heavy atom. The van der Waals surface area contributed by atoms with Gasteiger partial charge in [0.15, 0.2) is 0 Å². The Morgan fingerprint density at radius 2 is 2.20 bits per heavy atom. The minimum Gasteiger partial charge on any atom is -0.473 e. The standard InChI is InChI=1S/C11H15BrN2O/c1-4-5-6-15-10-7-9(12)13-11(14-10)8(2)3/h4-5,7-8H,6H2,1-3H3/b5-4+. The van der Waals surface area contributed by atoms with Crippen LogP contribution in [0.2, 0.25) is 0 Å². The highest BCUT2D eigenvalue weighted by molar-refractivity contribution is 9.10. The molecule has 0 atom stereocenters. The molecule has 0 radical (unpaired) electrons. The third-order valence-electron chi connectivity index (χ3n) is 1.77. The van der Waals surface area contributed by atoms with Crippen LogP contribution in [0.15, 0.2) is 22.8 Å². The van der Waals surface area contributed by atoms with Gasteiger partial charge in [-0.2, -0.15) is 4.98 Å². The van der Waals surface area contributed by atoms with E-state index >= 15 is 0 Å². The highest BCUT2D eigenvalue weighted by atomic mass is 79.9. The molecule has 0 aromatic carbocycles. The molecular formula is C11H15BrN2O. The summed E-state index contributed by atoms with van der Waals surface area (Å²) in [6, 6.07) is 1.77. The molecule has 3 nitrogen and oxygen atoms in total.